The molecule has 132 valence electrons. The SMILES string of the molecule is O=C1CCC(=O)N1Cc1ccc(C(=O)N2CCSc3ccccc32)cc1. The topological polar surface area (TPSA) is 57.7 Å². The molecule has 1 saturated heterocycles. The average Bonchev–Trinajstić information content (AvgIpc) is 2.99. The number of carbonyl (C=O) groups is 3. The molecule has 4 rings (SSSR count). The van der Waals surface area contributed by atoms with Crippen molar-refractivity contribution in [3.63, 3.8) is 0 Å². The quantitative estimate of drug-likeness (QED) is 0.784. The molecule has 2 heterocycles. The van der Waals surface area contributed by atoms with Crippen LogP contribution in [0.3, 0.4) is 0 Å². The zero-order chi connectivity index (χ0) is 18.1. The summed E-state index contributed by atoms with van der Waals surface area (Å²) in [5, 5.41) is 0. The third-order valence-electron chi connectivity index (χ3n) is 4.67. The van der Waals surface area contributed by atoms with Crippen LogP contribution in [0.15, 0.2) is 53.4 Å². The minimum atomic E-state index is -0.127. The smallest absolute Gasteiger partial charge is 0.258 e. The fourth-order valence-corrected chi connectivity index (χ4v) is 4.27. The molecule has 0 aliphatic carbocycles. The summed E-state index contributed by atoms with van der Waals surface area (Å²) in [7, 11) is 0. The van der Waals surface area contributed by atoms with E-state index in [9.17, 15) is 14.4 Å². The molecule has 2 aromatic rings. The summed E-state index contributed by atoms with van der Waals surface area (Å²) >= 11 is 1.76. The van der Waals surface area contributed by atoms with Gasteiger partial charge in [-0.15, -0.1) is 11.8 Å². The second-order valence-electron chi connectivity index (χ2n) is 6.34. The van der Waals surface area contributed by atoms with E-state index in [-0.39, 0.29) is 24.3 Å². The number of hydrogen-bond donors (Lipinski definition) is 0. The molecule has 3 amide bonds. The van der Waals surface area contributed by atoms with Crippen LogP contribution < -0.4 is 4.90 Å². The number of imide groups is 1. The maximum absolute atomic E-state index is 12.9. The van der Waals surface area contributed by atoms with Crippen LogP contribution in [0, 0.1) is 0 Å². The van der Waals surface area contributed by atoms with Gasteiger partial charge in [0, 0.05) is 35.6 Å². The Kier molecular flexibility index (Phi) is 4.51. The number of nitrogens with zero attached hydrogens (tertiary/aromatic N) is 2. The van der Waals surface area contributed by atoms with Crippen LogP contribution in [0.25, 0.3) is 0 Å². The Hall–Kier alpha value is -2.60. The number of hydrogen-bond acceptors (Lipinski definition) is 4. The Morgan fingerprint density at radius 2 is 1.65 bits per heavy atom. The van der Waals surface area contributed by atoms with Crippen molar-refractivity contribution in [1.29, 1.82) is 0 Å². The molecule has 0 atom stereocenters. The average molecular weight is 366 g/mol. The molecule has 0 N–H and O–H groups in total. The summed E-state index contributed by atoms with van der Waals surface area (Å²) in [6, 6.07) is 15.1. The fraction of sp³-hybridized carbons (Fsp3) is 0.250. The van der Waals surface area contributed by atoms with Gasteiger partial charge < -0.3 is 4.90 Å². The first-order valence-corrected chi connectivity index (χ1v) is 9.58. The highest BCUT2D eigenvalue weighted by atomic mass is 32.2. The van der Waals surface area contributed by atoms with Gasteiger partial charge in [0.2, 0.25) is 11.8 Å². The van der Waals surface area contributed by atoms with Crippen molar-refractivity contribution >= 4 is 35.2 Å². The Balaban J connectivity index is 1.51. The second kappa shape index (κ2) is 6.96. The number of carbonyl (C=O) groups excluding carboxylic acids is 3. The van der Waals surface area contributed by atoms with Gasteiger partial charge in [-0.2, -0.15) is 0 Å². The number of thioether (sulfide) groups is 1. The molecular formula is C20H18N2O3S. The van der Waals surface area contributed by atoms with E-state index in [2.05, 4.69) is 0 Å². The van der Waals surface area contributed by atoms with Crippen molar-refractivity contribution in [2.24, 2.45) is 0 Å². The van der Waals surface area contributed by atoms with Crippen LogP contribution in [0.1, 0.15) is 28.8 Å². The van der Waals surface area contributed by atoms with Crippen LogP contribution in [0.4, 0.5) is 5.69 Å². The van der Waals surface area contributed by atoms with Crippen LogP contribution in [0.5, 0.6) is 0 Å². The Bertz CT molecular complexity index is 863. The van der Waals surface area contributed by atoms with Crippen molar-refractivity contribution in [3.05, 3.63) is 59.7 Å². The van der Waals surface area contributed by atoms with Crippen molar-refractivity contribution < 1.29 is 14.4 Å². The highest BCUT2D eigenvalue weighted by Crippen LogP contribution is 2.35. The lowest BCUT2D eigenvalue weighted by Crippen LogP contribution is -2.35. The molecule has 0 bridgehead atoms. The van der Waals surface area contributed by atoms with Gasteiger partial charge in [0.15, 0.2) is 0 Å². The van der Waals surface area contributed by atoms with Crippen molar-refractivity contribution in [2.45, 2.75) is 24.3 Å². The summed E-state index contributed by atoms with van der Waals surface area (Å²) in [5.74, 6) is 0.591. The molecule has 0 spiro atoms. The minimum Gasteiger partial charge on any atom is -0.306 e. The number of likely N-dealkylation sites (tertiary alicyclic amines) is 1. The number of anilines is 1. The first-order valence-electron chi connectivity index (χ1n) is 8.59. The molecule has 0 aromatic heterocycles. The number of benzene rings is 2. The molecule has 5 nitrogen and oxygen atoms in total. The molecule has 2 aromatic carbocycles. The van der Waals surface area contributed by atoms with Gasteiger partial charge >= 0.3 is 0 Å². The number of para-hydroxylation sites is 1. The first kappa shape index (κ1) is 16.8. The summed E-state index contributed by atoms with van der Waals surface area (Å²) in [4.78, 5) is 40.6. The van der Waals surface area contributed by atoms with Crippen molar-refractivity contribution in [1.82, 2.24) is 4.90 Å². The summed E-state index contributed by atoms with van der Waals surface area (Å²) < 4.78 is 0. The normalized spacial score (nSPS) is 16.8. The van der Waals surface area contributed by atoms with E-state index < -0.39 is 0 Å². The van der Waals surface area contributed by atoms with Gasteiger partial charge in [0.25, 0.3) is 5.91 Å². The Morgan fingerprint density at radius 1 is 0.962 bits per heavy atom. The fourth-order valence-electron chi connectivity index (χ4n) is 3.27. The monoisotopic (exact) mass is 366 g/mol. The largest absolute Gasteiger partial charge is 0.306 e. The zero-order valence-electron chi connectivity index (χ0n) is 14.2. The number of rotatable bonds is 3. The maximum Gasteiger partial charge on any atom is 0.258 e. The van der Waals surface area contributed by atoms with Gasteiger partial charge in [-0.05, 0) is 29.8 Å². The molecule has 0 unspecified atom stereocenters. The molecule has 2 aliphatic rings. The molecule has 2 aliphatic heterocycles. The second-order valence-corrected chi connectivity index (χ2v) is 7.48. The molecule has 26 heavy (non-hydrogen) atoms. The van der Waals surface area contributed by atoms with Crippen LogP contribution in [0.2, 0.25) is 0 Å². The summed E-state index contributed by atoms with van der Waals surface area (Å²) in [5.41, 5.74) is 2.40. The van der Waals surface area contributed by atoms with Gasteiger partial charge in [0.05, 0.1) is 12.2 Å². The molecule has 0 saturated carbocycles. The highest BCUT2D eigenvalue weighted by molar-refractivity contribution is 7.99. The Morgan fingerprint density at radius 3 is 2.38 bits per heavy atom. The van der Waals surface area contributed by atoms with Crippen molar-refractivity contribution in [3.8, 4) is 0 Å². The van der Waals surface area contributed by atoms with Crippen LogP contribution in [-0.2, 0) is 16.1 Å². The third kappa shape index (κ3) is 3.12. The number of fused-ring (bicyclic) bond motifs is 1. The summed E-state index contributed by atoms with van der Waals surface area (Å²) in [6.07, 6.45) is 0.587. The van der Waals surface area contributed by atoms with Crippen LogP contribution >= 0.6 is 11.8 Å². The minimum absolute atomic E-state index is 0.0300. The standard InChI is InChI=1S/C20H18N2O3S/c23-18-9-10-19(24)22(18)13-14-5-7-15(8-6-14)20(25)21-11-12-26-17-4-2-1-3-16(17)21/h1-8H,9-13H2. The molecular weight excluding hydrogens is 348 g/mol. The predicted octanol–water partition coefficient (Wildman–Crippen LogP) is 3.09. The van der Waals surface area contributed by atoms with E-state index in [1.54, 1.807) is 23.9 Å². The van der Waals surface area contributed by atoms with E-state index >= 15 is 0 Å². The van der Waals surface area contributed by atoms with Gasteiger partial charge in [0.1, 0.15) is 0 Å². The lowest BCUT2D eigenvalue weighted by molar-refractivity contribution is -0.139. The van der Waals surface area contributed by atoms with E-state index in [0.717, 1.165) is 21.9 Å². The van der Waals surface area contributed by atoms with Crippen molar-refractivity contribution in [2.75, 3.05) is 17.2 Å². The lowest BCUT2D eigenvalue weighted by atomic mass is 10.1. The van der Waals surface area contributed by atoms with Gasteiger partial charge in [-0.1, -0.05) is 24.3 Å². The van der Waals surface area contributed by atoms with E-state index in [4.69, 9.17) is 0 Å². The first-order chi connectivity index (χ1) is 12.6. The molecule has 6 heteroatoms. The van der Waals surface area contributed by atoms with Gasteiger partial charge in [-0.25, -0.2) is 0 Å². The van der Waals surface area contributed by atoms with E-state index in [1.807, 2.05) is 41.3 Å². The van der Waals surface area contributed by atoms with E-state index in [1.165, 1.54) is 4.90 Å². The zero-order valence-corrected chi connectivity index (χ0v) is 15.0. The predicted molar refractivity (Wildman–Crippen MR) is 100 cm³/mol. The maximum atomic E-state index is 12.9. The summed E-state index contributed by atoms with van der Waals surface area (Å²) in [6.45, 7) is 0.953. The Labute approximate surface area is 156 Å². The van der Waals surface area contributed by atoms with Gasteiger partial charge in [-0.3, -0.25) is 19.3 Å². The third-order valence-corrected chi connectivity index (χ3v) is 5.71. The van der Waals surface area contributed by atoms with E-state index in [0.29, 0.717) is 24.9 Å². The number of amides is 3. The van der Waals surface area contributed by atoms with Crippen LogP contribution in [-0.4, -0.2) is 34.9 Å². The molecule has 0 radical (unpaired) electrons. The lowest BCUT2D eigenvalue weighted by Gasteiger charge is -2.29. The molecule has 1 fully saturated rings. The highest BCUT2D eigenvalue weighted by Gasteiger charge is 2.29.